The fourth-order valence-corrected chi connectivity index (χ4v) is 5.30. The molecule has 41 heavy (non-hydrogen) atoms. The highest BCUT2D eigenvalue weighted by Crippen LogP contribution is 2.21. The van der Waals surface area contributed by atoms with Crippen LogP contribution in [0.4, 0.5) is 0 Å². The Bertz CT molecular complexity index is 1300. The summed E-state index contributed by atoms with van der Waals surface area (Å²) in [5.74, 6) is -0.976. The van der Waals surface area contributed by atoms with E-state index in [0.717, 1.165) is 11.1 Å². The zero-order valence-corrected chi connectivity index (χ0v) is 24.2. The number of rotatable bonds is 14. The lowest BCUT2D eigenvalue weighted by atomic mass is 9.99. The van der Waals surface area contributed by atoms with Gasteiger partial charge in [0, 0.05) is 32.1 Å². The van der Waals surface area contributed by atoms with Crippen LogP contribution in [-0.2, 0) is 40.3 Å². The molecule has 0 aliphatic rings. The Hall–Kier alpha value is -3.93. The van der Waals surface area contributed by atoms with E-state index in [1.165, 1.54) is 18.2 Å². The Morgan fingerprint density at radius 1 is 0.659 bits per heavy atom. The minimum Gasteiger partial charge on any atom is -0.467 e. The van der Waals surface area contributed by atoms with Crippen LogP contribution in [-0.4, -0.2) is 53.3 Å². The number of ether oxygens (including phenoxy) is 1. The molecule has 4 aromatic carbocycles. The van der Waals surface area contributed by atoms with E-state index >= 15 is 0 Å². The van der Waals surface area contributed by atoms with E-state index in [9.17, 15) is 9.59 Å². The molecule has 0 N–H and O–H groups in total. The maximum absolute atomic E-state index is 13.5. The fourth-order valence-electron chi connectivity index (χ4n) is 5.15. The highest BCUT2D eigenvalue weighted by Gasteiger charge is 2.34. The van der Waals surface area contributed by atoms with Crippen molar-refractivity contribution in [3.05, 3.63) is 144 Å². The summed E-state index contributed by atoms with van der Waals surface area (Å²) in [6, 6.07) is 39.7. The van der Waals surface area contributed by atoms with E-state index in [1.807, 2.05) is 84.9 Å². The molecule has 6 heteroatoms. The molecule has 1 amide bonds. The minimum atomic E-state index is -0.803. The molecule has 0 saturated carbocycles. The first-order chi connectivity index (χ1) is 20.1. The zero-order chi connectivity index (χ0) is 28.9. The van der Waals surface area contributed by atoms with Crippen LogP contribution in [0.25, 0.3) is 0 Å². The van der Waals surface area contributed by atoms with Gasteiger partial charge in [0.1, 0.15) is 11.9 Å². The van der Waals surface area contributed by atoms with Gasteiger partial charge in [0.2, 0.25) is 5.91 Å². The van der Waals surface area contributed by atoms with Crippen molar-refractivity contribution in [2.45, 2.75) is 38.0 Å². The highest BCUT2D eigenvalue weighted by molar-refractivity contribution is 6.27. The fraction of sp³-hybridized carbons (Fsp3) is 0.257. The molecule has 0 heterocycles. The molecule has 5 nitrogen and oxygen atoms in total. The van der Waals surface area contributed by atoms with Gasteiger partial charge >= 0.3 is 5.97 Å². The number of methoxy groups -OCH3 is 1. The lowest BCUT2D eigenvalue weighted by molar-refractivity contribution is -0.152. The van der Waals surface area contributed by atoms with Gasteiger partial charge in [-0.25, -0.2) is 4.79 Å². The van der Waals surface area contributed by atoms with E-state index in [0.29, 0.717) is 32.5 Å². The smallest absolute Gasteiger partial charge is 0.328 e. The summed E-state index contributed by atoms with van der Waals surface area (Å²) in [5, 5.41) is 0. The summed E-state index contributed by atoms with van der Waals surface area (Å²) in [6.45, 7) is 1.67. The molecule has 0 aliphatic carbocycles. The number of nitrogens with zero attached hydrogens (tertiary/aromatic N) is 2. The second kappa shape index (κ2) is 15.8. The highest BCUT2D eigenvalue weighted by atomic mass is 35.5. The van der Waals surface area contributed by atoms with Crippen LogP contribution >= 0.6 is 11.6 Å². The van der Waals surface area contributed by atoms with Crippen LogP contribution in [0.1, 0.15) is 22.3 Å². The number of esters is 1. The molecule has 0 unspecified atom stereocenters. The average Bonchev–Trinajstić information content (AvgIpc) is 3.03. The standard InChI is InChI=1S/C35H37ClN2O3/c1-41-35(40)33(23-29-16-8-3-9-17-29)38(34(39)24-36)27-32(22-28-14-6-2-7-15-28)37(25-30-18-10-4-11-19-30)26-31-20-12-5-13-21-31/h2-21,32-33H,22-27H2,1H3/t32-,33-/m0/s1. The zero-order valence-electron chi connectivity index (χ0n) is 23.4. The van der Waals surface area contributed by atoms with Gasteiger partial charge in [-0.1, -0.05) is 121 Å². The number of hydrogen-bond acceptors (Lipinski definition) is 4. The van der Waals surface area contributed by atoms with Crippen molar-refractivity contribution in [3.63, 3.8) is 0 Å². The number of carbonyl (C=O) groups is 2. The van der Waals surface area contributed by atoms with Crippen molar-refractivity contribution >= 4 is 23.5 Å². The summed E-state index contributed by atoms with van der Waals surface area (Å²) in [7, 11) is 1.36. The van der Waals surface area contributed by atoms with E-state index in [-0.39, 0.29) is 17.8 Å². The first-order valence-electron chi connectivity index (χ1n) is 13.9. The number of alkyl halides is 1. The van der Waals surface area contributed by atoms with Crippen LogP contribution in [0.2, 0.25) is 0 Å². The van der Waals surface area contributed by atoms with Crippen molar-refractivity contribution in [2.75, 3.05) is 19.5 Å². The second-order valence-electron chi connectivity index (χ2n) is 10.1. The quantitative estimate of drug-likeness (QED) is 0.135. The lowest BCUT2D eigenvalue weighted by Gasteiger charge is -2.38. The Kier molecular flexibility index (Phi) is 11.5. The van der Waals surface area contributed by atoms with Crippen molar-refractivity contribution in [1.82, 2.24) is 9.80 Å². The van der Waals surface area contributed by atoms with E-state index in [1.54, 1.807) is 4.90 Å². The van der Waals surface area contributed by atoms with Crippen LogP contribution in [0.15, 0.2) is 121 Å². The number of hydrogen-bond donors (Lipinski definition) is 0. The third-order valence-electron chi connectivity index (χ3n) is 7.25. The molecular weight excluding hydrogens is 532 g/mol. The number of amides is 1. The molecule has 0 aliphatic heterocycles. The minimum absolute atomic E-state index is 0.118. The van der Waals surface area contributed by atoms with Crippen LogP contribution in [0, 0.1) is 0 Å². The number of halogens is 1. The molecule has 4 rings (SSSR count). The molecule has 0 spiro atoms. The number of benzene rings is 4. The summed E-state index contributed by atoms with van der Waals surface area (Å²) in [6.07, 6.45) is 1.03. The predicted molar refractivity (Wildman–Crippen MR) is 164 cm³/mol. The predicted octanol–water partition coefficient (Wildman–Crippen LogP) is 6.15. The number of carbonyl (C=O) groups excluding carboxylic acids is 2. The molecule has 2 atom stereocenters. The molecule has 0 aromatic heterocycles. The average molecular weight is 569 g/mol. The normalized spacial score (nSPS) is 12.5. The van der Waals surface area contributed by atoms with E-state index < -0.39 is 12.0 Å². The van der Waals surface area contributed by atoms with Crippen molar-refractivity contribution < 1.29 is 14.3 Å². The molecule has 0 bridgehead atoms. The summed E-state index contributed by atoms with van der Waals surface area (Å²) in [5.41, 5.74) is 4.44. The topological polar surface area (TPSA) is 49.9 Å². The van der Waals surface area contributed by atoms with E-state index in [4.69, 9.17) is 16.3 Å². The summed E-state index contributed by atoms with van der Waals surface area (Å²) < 4.78 is 5.22. The third-order valence-corrected chi connectivity index (χ3v) is 7.48. The molecule has 0 saturated heterocycles. The Labute approximate surface area is 248 Å². The third kappa shape index (κ3) is 9.04. The Morgan fingerprint density at radius 3 is 1.49 bits per heavy atom. The molecule has 212 valence electrons. The van der Waals surface area contributed by atoms with Gasteiger partial charge < -0.3 is 9.64 Å². The van der Waals surface area contributed by atoms with E-state index in [2.05, 4.69) is 41.3 Å². The maximum atomic E-state index is 13.5. The van der Waals surface area contributed by atoms with Crippen LogP contribution in [0.3, 0.4) is 0 Å². The second-order valence-corrected chi connectivity index (χ2v) is 10.4. The summed E-state index contributed by atoms with van der Waals surface area (Å²) >= 11 is 6.17. The van der Waals surface area contributed by atoms with Gasteiger partial charge in [0.15, 0.2) is 0 Å². The van der Waals surface area contributed by atoms with Gasteiger partial charge in [-0.05, 0) is 28.7 Å². The first kappa shape index (κ1) is 30.0. The summed E-state index contributed by atoms with van der Waals surface area (Å²) in [4.78, 5) is 30.7. The molecular formula is C35H37ClN2O3. The van der Waals surface area contributed by atoms with Crippen molar-refractivity contribution in [3.8, 4) is 0 Å². The van der Waals surface area contributed by atoms with Gasteiger partial charge in [-0.2, -0.15) is 0 Å². The maximum Gasteiger partial charge on any atom is 0.328 e. The monoisotopic (exact) mass is 568 g/mol. The van der Waals surface area contributed by atoms with Gasteiger partial charge in [-0.3, -0.25) is 9.69 Å². The molecule has 0 fully saturated rings. The molecule has 4 aromatic rings. The first-order valence-corrected chi connectivity index (χ1v) is 14.4. The van der Waals surface area contributed by atoms with Gasteiger partial charge in [0.05, 0.1) is 7.11 Å². The van der Waals surface area contributed by atoms with Crippen molar-refractivity contribution in [2.24, 2.45) is 0 Å². The SMILES string of the molecule is COC(=O)[C@H](Cc1ccccc1)N(C[C@H](Cc1ccccc1)N(Cc1ccccc1)Cc1ccccc1)C(=O)CCl. The lowest BCUT2D eigenvalue weighted by Crippen LogP contribution is -2.54. The van der Waals surface area contributed by atoms with Crippen LogP contribution in [0.5, 0.6) is 0 Å². The largest absolute Gasteiger partial charge is 0.467 e. The van der Waals surface area contributed by atoms with Crippen molar-refractivity contribution in [1.29, 1.82) is 0 Å². The molecule has 0 radical (unpaired) electrons. The Balaban J connectivity index is 1.74. The van der Waals surface area contributed by atoms with Gasteiger partial charge in [-0.15, -0.1) is 11.6 Å². The van der Waals surface area contributed by atoms with Gasteiger partial charge in [0.25, 0.3) is 0 Å². The van der Waals surface area contributed by atoms with Crippen LogP contribution < -0.4 is 0 Å². The Morgan fingerprint density at radius 2 is 1.07 bits per heavy atom.